The molecule has 9 heavy (non-hydrogen) atoms. The first-order chi connectivity index (χ1) is 4.24. The van der Waals surface area contributed by atoms with Gasteiger partial charge in [-0.05, 0) is 0 Å². The number of rotatable bonds is 1. The van der Waals surface area contributed by atoms with E-state index in [0.717, 1.165) is 0 Å². The van der Waals surface area contributed by atoms with E-state index in [-0.39, 0.29) is 6.61 Å². The molecule has 3 atom stereocenters. The van der Waals surface area contributed by atoms with Gasteiger partial charge in [0, 0.05) is 6.42 Å². The molecule has 0 aromatic heterocycles. The molecule has 54 valence electrons. The van der Waals surface area contributed by atoms with Crippen molar-refractivity contribution in [2.75, 3.05) is 6.61 Å². The minimum atomic E-state index is -0.593. The van der Waals surface area contributed by atoms with Gasteiger partial charge in [-0.15, -0.1) is 0 Å². The SMILES string of the molecule is NC1CC(O)C(CO)O1. The second-order valence-corrected chi connectivity index (χ2v) is 2.20. The predicted molar refractivity (Wildman–Crippen MR) is 30.6 cm³/mol. The molecule has 0 amide bonds. The van der Waals surface area contributed by atoms with Crippen LogP contribution in [0.2, 0.25) is 0 Å². The van der Waals surface area contributed by atoms with Crippen LogP contribution in [0.15, 0.2) is 0 Å². The van der Waals surface area contributed by atoms with Gasteiger partial charge in [-0.1, -0.05) is 0 Å². The van der Waals surface area contributed by atoms with Gasteiger partial charge in [0.1, 0.15) is 12.3 Å². The summed E-state index contributed by atoms with van der Waals surface area (Å²) in [5.74, 6) is 0. The van der Waals surface area contributed by atoms with E-state index in [9.17, 15) is 0 Å². The fourth-order valence-corrected chi connectivity index (χ4v) is 0.925. The highest BCUT2D eigenvalue weighted by Crippen LogP contribution is 2.15. The van der Waals surface area contributed by atoms with Gasteiger partial charge >= 0.3 is 0 Å². The molecule has 1 rings (SSSR count). The summed E-state index contributed by atoms with van der Waals surface area (Å²) in [6.07, 6.45) is -1.05. The van der Waals surface area contributed by atoms with Crippen LogP contribution in [0.5, 0.6) is 0 Å². The third-order valence-electron chi connectivity index (χ3n) is 1.43. The van der Waals surface area contributed by atoms with Crippen LogP contribution in [-0.2, 0) is 4.74 Å². The smallest absolute Gasteiger partial charge is 0.109 e. The first kappa shape index (κ1) is 6.95. The van der Waals surface area contributed by atoms with Crippen LogP contribution < -0.4 is 5.73 Å². The molecule has 4 nitrogen and oxygen atoms in total. The molecular formula is C5H11NO3. The Morgan fingerprint density at radius 2 is 2.33 bits per heavy atom. The summed E-state index contributed by atoms with van der Waals surface area (Å²) < 4.78 is 4.90. The van der Waals surface area contributed by atoms with E-state index >= 15 is 0 Å². The van der Waals surface area contributed by atoms with Crippen LogP contribution >= 0.6 is 0 Å². The van der Waals surface area contributed by atoms with Crippen molar-refractivity contribution < 1.29 is 14.9 Å². The van der Waals surface area contributed by atoms with E-state index in [1.54, 1.807) is 0 Å². The summed E-state index contributed by atoms with van der Waals surface area (Å²) in [4.78, 5) is 0. The third kappa shape index (κ3) is 1.40. The van der Waals surface area contributed by atoms with E-state index in [0.29, 0.717) is 6.42 Å². The predicted octanol–water partition coefficient (Wildman–Crippen LogP) is -1.59. The van der Waals surface area contributed by atoms with Crippen molar-refractivity contribution in [3.05, 3.63) is 0 Å². The number of aliphatic hydroxyl groups excluding tert-OH is 2. The quantitative estimate of drug-likeness (QED) is 0.403. The van der Waals surface area contributed by atoms with Crippen LogP contribution in [0.3, 0.4) is 0 Å². The maximum atomic E-state index is 8.99. The molecule has 4 N–H and O–H groups in total. The van der Waals surface area contributed by atoms with Crippen molar-refractivity contribution in [3.8, 4) is 0 Å². The minimum absolute atomic E-state index is 0.158. The molecule has 1 heterocycles. The molecule has 3 unspecified atom stereocenters. The monoisotopic (exact) mass is 133 g/mol. The number of ether oxygens (including phenoxy) is 1. The van der Waals surface area contributed by atoms with Crippen LogP contribution in [0, 0.1) is 0 Å². The van der Waals surface area contributed by atoms with Gasteiger partial charge in [-0.25, -0.2) is 0 Å². The summed E-state index contributed by atoms with van der Waals surface area (Å²) in [5.41, 5.74) is 5.30. The van der Waals surface area contributed by atoms with Crippen LogP contribution in [0.1, 0.15) is 6.42 Å². The molecule has 1 fully saturated rings. The van der Waals surface area contributed by atoms with Crippen molar-refractivity contribution in [3.63, 3.8) is 0 Å². The third-order valence-corrected chi connectivity index (χ3v) is 1.43. The second kappa shape index (κ2) is 2.62. The molecule has 1 aliphatic rings. The van der Waals surface area contributed by atoms with Gasteiger partial charge in [-0.2, -0.15) is 0 Å². The second-order valence-electron chi connectivity index (χ2n) is 2.20. The molecule has 0 aromatic rings. The van der Waals surface area contributed by atoms with Crippen molar-refractivity contribution >= 4 is 0 Å². The van der Waals surface area contributed by atoms with Crippen LogP contribution in [0.25, 0.3) is 0 Å². The molecule has 0 radical (unpaired) electrons. The average Bonchev–Trinajstić information content (AvgIpc) is 2.10. The molecule has 0 bridgehead atoms. The molecule has 0 saturated carbocycles. The number of hydrogen-bond acceptors (Lipinski definition) is 4. The van der Waals surface area contributed by atoms with E-state index < -0.39 is 18.4 Å². The normalized spacial score (nSPS) is 43.7. The Balaban J connectivity index is 2.38. The van der Waals surface area contributed by atoms with Crippen molar-refractivity contribution in [2.45, 2.75) is 24.9 Å². The van der Waals surface area contributed by atoms with Crippen LogP contribution in [-0.4, -0.2) is 35.3 Å². The molecule has 4 heteroatoms. The summed E-state index contributed by atoms with van der Waals surface area (Å²) in [6, 6.07) is 0. The average molecular weight is 133 g/mol. The lowest BCUT2D eigenvalue weighted by Gasteiger charge is -2.08. The molecule has 0 spiro atoms. The largest absolute Gasteiger partial charge is 0.394 e. The molecule has 0 aromatic carbocycles. The van der Waals surface area contributed by atoms with Crippen molar-refractivity contribution in [1.29, 1.82) is 0 Å². The Labute approximate surface area is 53.2 Å². The van der Waals surface area contributed by atoms with E-state index in [4.69, 9.17) is 20.7 Å². The molecule has 1 aliphatic heterocycles. The van der Waals surface area contributed by atoms with Crippen molar-refractivity contribution in [2.24, 2.45) is 5.73 Å². The molecule has 1 saturated heterocycles. The lowest BCUT2D eigenvalue weighted by atomic mass is 10.2. The van der Waals surface area contributed by atoms with Gasteiger partial charge < -0.3 is 20.7 Å². The Bertz CT molecular complexity index is 98.2. The first-order valence-electron chi connectivity index (χ1n) is 2.94. The summed E-state index contributed by atoms with van der Waals surface area (Å²) >= 11 is 0. The van der Waals surface area contributed by atoms with E-state index in [1.807, 2.05) is 0 Å². The Morgan fingerprint density at radius 1 is 1.67 bits per heavy atom. The number of aliphatic hydroxyl groups is 2. The highest BCUT2D eigenvalue weighted by molar-refractivity contribution is 4.77. The minimum Gasteiger partial charge on any atom is -0.394 e. The maximum Gasteiger partial charge on any atom is 0.109 e. The highest BCUT2D eigenvalue weighted by atomic mass is 16.5. The lowest BCUT2D eigenvalue weighted by Crippen LogP contribution is -2.25. The summed E-state index contributed by atoms with van der Waals surface area (Å²) in [5, 5.41) is 17.5. The maximum absolute atomic E-state index is 8.99. The number of nitrogens with two attached hydrogens (primary N) is 1. The fourth-order valence-electron chi connectivity index (χ4n) is 0.925. The topological polar surface area (TPSA) is 75.7 Å². The Morgan fingerprint density at radius 3 is 2.56 bits per heavy atom. The first-order valence-corrected chi connectivity index (χ1v) is 2.94. The van der Waals surface area contributed by atoms with Crippen LogP contribution in [0.4, 0.5) is 0 Å². The molecule has 0 aliphatic carbocycles. The zero-order valence-corrected chi connectivity index (χ0v) is 5.03. The van der Waals surface area contributed by atoms with Gasteiger partial charge in [0.15, 0.2) is 0 Å². The van der Waals surface area contributed by atoms with Gasteiger partial charge in [0.05, 0.1) is 12.7 Å². The highest BCUT2D eigenvalue weighted by Gasteiger charge is 2.30. The van der Waals surface area contributed by atoms with E-state index in [1.165, 1.54) is 0 Å². The van der Waals surface area contributed by atoms with Crippen molar-refractivity contribution in [1.82, 2.24) is 0 Å². The number of hydrogen-bond donors (Lipinski definition) is 3. The molecular weight excluding hydrogens is 122 g/mol. The summed E-state index contributed by atoms with van der Waals surface area (Å²) in [7, 11) is 0. The fraction of sp³-hybridized carbons (Fsp3) is 1.00. The lowest BCUT2D eigenvalue weighted by molar-refractivity contribution is -0.0200. The standard InChI is InChI=1S/C5H11NO3/c6-5-1-3(8)4(2-7)9-5/h3-5,7-8H,1-2,6H2. The zero-order valence-electron chi connectivity index (χ0n) is 5.03. The summed E-state index contributed by atoms with van der Waals surface area (Å²) in [6.45, 7) is -0.158. The van der Waals surface area contributed by atoms with E-state index in [2.05, 4.69) is 0 Å². The Hall–Kier alpha value is -0.160. The van der Waals surface area contributed by atoms with Gasteiger partial charge in [-0.3, -0.25) is 0 Å². The Kier molecular flexibility index (Phi) is 2.02. The van der Waals surface area contributed by atoms with Gasteiger partial charge in [0.25, 0.3) is 0 Å². The zero-order chi connectivity index (χ0) is 6.85. The van der Waals surface area contributed by atoms with Gasteiger partial charge in [0.2, 0.25) is 0 Å².